The van der Waals surface area contributed by atoms with E-state index in [4.69, 9.17) is 17.3 Å². The fraction of sp³-hybridized carbons (Fsp3) is 0.727. The normalized spacial score (nSPS) is 27.7. The van der Waals surface area contributed by atoms with Crippen molar-refractivity contribution in [3.05, 3.63) is 16.9 Å². The van der Waals surface area contributed by atoms with Gasteiger partial charge in [-0.3, -0.25) is 4.68 Å². The van der Waals surface area contributed by atoms with Crippen LogP contribution in [-0.4, -0.2) is 15.8 Å². The van der Waals surface area contributed by atoms with Gasteiger partial charge in [0.05, 0.1) is 16.9 Å². The Morgan fingerprint density at radius 2 is 2.20 bits per heavy atom. The van der Waals surface area contributed by atoms with Crippen LogP contribution in [0.5, 0.6) is 0 Å². The summed E-state index contributed by atoms with van der Waals surface area (Å²) in [6.07, 6.45) is 7.60. The van der Waals surface area contributed by atoms with Gasteiger partial charge in [0.1, 0.15) is 0 Å². The molecule has 0 amide bonds. The minimum absolute atomic E-state index is 0.323. The molecule has 0 aromatic carbocycles. The molecule has 2 atom stereocenters. The van der Waals surface area contributed by atoms with Gasteiger partial charge in [0.25, 0.3) is 0 Å². The van der Waals surface area contributed by atoms with Crippen LogP contribution < -0.4 is 5.73 Å². The summed E-state index contributed by atoms with van der Waals surface area (Å²) >= 11 is 6.16. The molecule has 2 unspecified atom stereocenters. The fourth-order valence-electron chi connectivity index (χ4n) is 2.53. The maximum atomic E-state index is 6.16. The number of aromatic nitrogens is 2. The first kappa shape index (κ1) is 11.0. The molecule has 0 spiro atoms. The van der Waals surface area contributed by atoms with Crippen LogP contribution in [0.15, 0.2) is 6.20 Å². The van der Waals surface area contributed by atoms with Crippen LogP contribution in [0.1, 0.15) is 43.7 Å². The summed E-state index contributed by atoms with van der Waals surface area (Å²) in [5, 5.41) is 4.98. The standard InChI is InChI=1S/C11H18ClN3/c1-15-11(10(12)7-14-15)8-4-2-3-5-9(13)6-8/h7-9H,2-6,13H2,1H3. The average molecular weight is 228 g/mol. The summed E-state index contributed by atoms with van der Waals surface area (Å²) in [7, 11) is 1.96. The van der Waals surface area contributed by atoms with Crippen LogP contribution in [0, 0.1) is 0 Å². The van der Waals surface area contributed by atoms with Gasteiger partial charge in [0.2, 0.25) is 0 Å². The number of rotatable bonds is 1. The predicted molar refractivity (Wildman–Crippen MR) is 62.0 cm³/mol. The van der Waals surface area contributed by atoms with Crippen molar-refractivity contribution >= 4 is 11.6 Å². The molecule has 1 aromatic rings. The van der Waals surface area contributed by atoms with E-state index in [0.29, 0.717) is 12.0 Å². The van der Waals surface area contributed by atoms with E-state index in [0.717, 1.165) is 23.6 Å². The minimum Gasteiger partial charge on any atom is -0.328 e. The predicted octanol–water partition coefficient (Wildman–Crippen LogP) is 2.45. The van der Waals surface area contributed by atoms with Crippen molar-refractivity contribution in [2.75, 3.05) is 0 Å². The Morgan fingerprint density at radius 1 is 1.47 bits per heavy atom. The second-order valence-electron chi connectivity index (χ2n) is 4.48. The fourth-order valence-corrected chi connectivity index (χ4v) is 2.85. The lowest BCUT2D eigenvalue weighted by Gasteiger charge is -2.17. The molecular formula is C11H18ClN3. The van der Waals surface area contributed by atoms with Crippen molar-refractivity contribution in [1.29, 1.82) is 0 Å². The van der Waals surface area contributed by atoms with Crippen molar-refractivity contribution in [2.45, 2.75) is 44.1 Å². The second-order valence-corrected chi connectivity index (χ2v) is 4.89. The first-order valence-electron chi connectivity index (χ1n) is 5.61. The third-order valence-electron chi connectivity index (χ3n) is 3.29. The van der Waals surface area contributed by atoms with E-state index in [1.54, 1.807) is 6.20 Å². The average Bonchev–Trinajstić information content (AvgIpc) is 2.40. The van der Waals surface area contributed by atoms with Crippen LogP contribution >= 0.6 is 11.6 Å². The Labute approximate surface area is 95.6 Å². The number of nitrogens with two attached hydrogens (primary N) is 1. The molecule has 0 bridgehead atoms. The molecule has 0 saturated heterocycles. The second kappa shape index (κ2) is 4.54. The molecule has 1 fully saturated rings. The van der Waals surface area contributed by atoms with E-state index in [2.05, 4.69) is 5.10 Å². The number of nitrogens with zero attached hydrogens (tertiary/aromatic N) is 2. The summed E-state index contributed by atoms with van der Waals surface area (Å²) in [4.78, 5) is 0. The van der Waals surface area contributed by atoms with Gasteiger partial charge in [0, 0.05) is 19.0 Å². The maximum absolute atomic E-state index is 6.16. The molecule has 0 aliphatic heterocycles. The zero-order valence-electron chi connectivity index (χ0n) is 9.12. The molecule has 1 aliphatic rings. The molecule has 84 valence electrons. The lowest BCUT2D eigenvalue weighted by Crippen LogP contribution is -2.21. The molecule has 0 radical (unpaired) electrons. The van der Waals surface area contributed by atoms with Crippen molar-refractivity contribution in [2.24, 2.45) is 12.8 Å². The van der Waals surface area contributed by atoms with Crippen molar-refractivity contribution in [3.8, 4) is 0 Å². The van der Waals surface area contributed by atoms with Gasteiger partial charge in [0.15, 0.2) is 0 Å². The first-order chi connectivity index (χ1) is 7.18. The van der Waals surface area contributed by atoms with Gasteiger partial charge in [-0.15, -0.1) is 0 Å². The number of aryl methyl sites for hydroxylation is 1. The molecule has 2 N–H and O–H groups in total. The summed E-state index contributed by atoms with van der Waals surface area (Å²) in [6, 6.07) is 0.323. The van der Waals surface area contributed by atoms with E-state index in [9.17, 15) is 0 Å². The summed E-state index contributed by atoms with van der Waals surface area (Å²) in [5.74, 6) is 0.488. The quantitative estimate of drug-likeness (QED) is 0.749. The molecule has 3 nitrogen and oxygen atoms in total. The Morgan fingerprint density at radius 3 is 2.87 bits per heavy atom. The highest BCUT2D eigenvalue weighted by atomic mass is 35.5. The molecule has 1 aliphatic carbocycles. The molecule has 15 heavy (non-hydrogen) atoms. The zero-order valence-corrected chi connectivity index (χ0v) is 9.87. The monoisotopic (exact) mass is 227 g/mol. The van der Waals surface area contributed by atoms with E-state index < -0.39 is 0 Å². The van der Waals surface area contributed by atoms with E-state index in [1.165, 1.54) is 19.3 Å². The van der Waals surface area contributed by atoms with Crippen molar-refractivity contribution in [1.82, 2.24) is 9.78 Å². The Bertz CT molecular complexity index is 315. The number of halogens is 1. The van der Waals surface area contributed by atoms with Gasteiger partial charge in [-0.2, -0.15) is 5.10 Å². The van der Waals surface area contributed by atoms with E-state index in [1.807, 2.05) is 11.7 Å². The van der Waals surface area contributed by atoms with Crippen LogP contribution in [0.2, 0.25) is 5.02 Å². The number of hydrogen-bond acceptors (Lipinski definition) is 2. The molecular weight excluding hydrogens is 210 g/mol. The van der Waals surface area contributed by atoms with E-state index in [-0.39, 0.29) is 0 Å². The van der Waals surface area contributed by atoms with Gasteiger partial charge >= 0.3 is 0 Å². The van der Waals surface area contributed by atoms with Crippen LogP contribution in [0.4, 0.5) is 0 Å². The minimum atomic E-state index is 0.323. The third kappa shape index (κ3) is 2.34. The van der Waals surface area contributed by atoms with E-state index >= 15 is 0 Å². The molecule has 4 heteroatoms. The Hall–Kier alpha value is -0.540. The molecule has 1 aromatic heterocycles. The zero-order chi connectivity index (χ0) is 10.8. The van der Waals surface area contributed by atoms with Crippen LogP contribution in [-0.2, 0) is 7.05 Å². The maximum Gasteiger partial charge on any atom is 0.0820 e. The lowest BCUT2D eigenvalue weighted by atomic mass is 9.95. The molecule has 1 heterocycles. The lowest BCUT2D eigenvalue weighted by molar-refractivity contribution is 0.505. The molecule has 1 saturated carbocycles. The highest BCUT2D eigenvalue weighted by Crippen LogP contribution is 2.34. The van der Waals surface area contributed by atoms with Gasteiger partial charge < -0.3 is 5.73 Å². The van der Waals surface area contributed by atoms with Crippen LogP contribution in [0.3, 0.4) is 0 Å². The third-order valence-corrected chi connectivity index (χ3v) is 3.58. The van der Waals surface area contributed by atoms with Crippen molar-refractivity contribution in [3.63, 3.8) is 0 Å². The van der Waals surface area contributed by atoms with Crippen molar-refractivity contribution < 1.29 is 0 Å². The SMILES string of the molecule is Cn1ncc(Cl)c1C1CCCCC(N)C1. The summed E-state index contributed by atoms with van der Waals surface area (Å²) < 4.78 is 1.89. The smallest absolute Gasteiger partial charge is 0.0820 e. The summed E-state index contributed by atoms with van der Waals surface area (Å²) in [6.45, 7) is 0. The van der Waals surface area contributed by atoms with Gasteiger partial charge in [-0.1, -0.05) is 24.4 Å². The van der Waals surface area contributed by atoms with Crippen LogP contribution in [0.25, 0.3) is 0 Å². The highest BCUT2D eigenvalue weighted by Gasteiger charge is 2.23. The summed E-state index contributed by atoms with van der Waals surface area (Å²) in [5.41, 5.74) is 7.22. The largest absolute Gasteiger partial charge is 0.328 e. The Balaban J connectivity index is 2.21. The van der Waals surface area contributed by atoms with Gasteiger partial charge in [-0.05, 0) is 19.3 Å². The highest BCUT2D eigenvalue weighted by molar-refractivity contribution is 6.31. The number of hydrogen-bond donors (Lipinski definition) is 1. The topological polar surface area (TPSA) is 43.8 Å². The van der Waals surface area contributed by atoms with Gasteiger partial charge in [-0.25, -0.2) is 0 Å². The molecule has 2 rings (SSSR count). The first-order valence-corrected chi connectivity index (χ1v) is 5.99. The Kier molecular flexibility index (Phi) is 3.32.